The van der Waals surface area contributed by atoms with Crippen LogP contribution in [0.5, 0.6) is 0 Å². The monoisotopic (exact) mass is 878 g/mol. The molecule has 0 aromatic carbocycles. The van der Waals surface area contributed by atoms with E-state index in [-0.39, 0.29) is 19.1 Å². The van der Waals surface area contributed by atoms with E-state index in [4.69, 9.17) is 9.05 Å². The van der Waals surface area contributed by atoms with Crippen molar-refractivity contribution in [2.75, 3.05) is 40.9 Å². The van der Waals surface area contributed by atoms with Gasteiger partial charge in [0, 0.05) is 6.42 Å². The lowest BCUT2D eigenvalue weighted by molar-refractivity contribution is -0.870. The van der Waals surface area contributed by atoms with Crippen molar-refractivity contribution in [1.82, 2.24) is 5.32 Å². The summed E-state index contributed by atoms with van der Waals surface area (Å²) < 4.78 is 23.6. The summed E-state index contributed by atoms with van der Waals surface area (Å²) in [6.07, 6.45) is 57.4. The van der Waals surface area contributed by atoms with Crippen LogP contribution in [0.25, 0.3) is 0 Å². The number of carbonyl (C=O) groups is 1. The molecule has 0 rings (SSSR count). The van der Waals surface area contributed by atoms with E-state index in [1.807, 2.05) is 27.2 Å². The average Bonchev–Trinajstić information content (AvgIpc) is 3.21. The number of quaternary nitrogens is 1. The van der Waals surface area contributed by atoms with E-state index in [1.54, 1.807) is 6.08 Å². The second-order valence-electron chi connectivity index (χ2n) is 18.2. The fourth-order valence-electron chi connectivity index (χ4n) is 7.03. The minimum Gasteiger partial charge on any atom is -0.387 e. The zero-order valence-corrected chi connectivity index (χ0v) is 41.3. The fourth-order valence-corrected chi connectivity index (χ4v) is 7.77. The molecule has 61 heavy (non-hydrogen) atoms. The maximum atomic E-state index is 12.9. The molecule has 8 nitrogen and oxygen atoms in total. The van der Waals surface area contributed by atoms with Gasteiger partial charge in [-0.25, -0.2) is 4.57 Å². The largest absolute Gasteiger partial charge is 0.472 e. The highest BCUT2D eigenvalue weighted by atomic mass is 31.2. The lowest BCUT2D eigenvalue weighted by Gasteiger charge is -2.25. The lowest BCUT2D eigenvalue weighted by Crippen LogP contribution is -2.45. The molecule has 0 aromatic rings. The van der Waals surface area contributed by atoms with E-state index in [9.17, 15) is 19.4 Å². The molecule has 0 radical (unpaired) electrons. The molecule has 3 unspecified atom stereocenters. The van der Waals surface area contributed by atoms with Crippen LogP contribution >= 0.6 is 7.82 Å². The van der Waals surface area contributed by atoms with Gasteiger partial charge >= 0.3 is 7.82 Å². The highest BCUT2D eigenvalue weighted by molar-refractivity contribution is 7.47. The third kappa shape index (κ3) is 46.0. The number of aliphatic hydroxyl groups is 1. The van der Waals surface area contributed by atoms with Crippen LogP contribution in [0.3, 0.4) is 0 Å². The highest BCUT2D eigenvalue weighted by Gasteiger charge is 2.27. The summed E-state index contributed by atoms with van der Waals surface area (Å²) in [5.41, 5.74) is 0. The summed E-state index contributed by atoms with van der Waals surface area (Å²) in [5, 5.41) is 13.8. The van der Waals surface area contributed by atoms with Gasteiger partial charge in [-0.3, -0.25) is 13.8 Å². The van der Waals surface area contributed by atoms with E-state index in [0.29, 0.717) is 17.4 Å². The molecule has 3 N–H and O–H groups in total. The van der Waals surface area contributed by atoms with Crippen LogP contribution in [0.4, 0.5) is 0 Å². The number of aliphatic hydroxyl groups excluding tert-OH is 1. The zero-order valence-electron chi connectivity index (χ0n) is 40.4. The molecule has 0 saturated carbocycles. The highest BCUT2D eigenvalue weighted by Crippen LogP contribution is 2.43. The summed E-state index contributed by atoms with van der Waals surface area (Å²) in [6, 6.07) is -0.845. The Morgan fingerprint density at radius 2 is 0.984 bits per heavy atom. The summed E-state index contributed by atoms with van der Waals surface area (Å²) in [6.45, 7) is 4.68. The van der Waals surface area contributed by atoms with Gasteiger partial charge in [-0.05, 0) is 57.8 Å². The van der Waals surface area contributed by atoms with Gasteiger partial charge in [0.15, 0.2) is 0 Å². The minimum atomic E-state index is -4.34. The first-order valence-electron chi connectivity index (χ1n) is 25.2. The van der Waals surface area contributed by atoms with Crippen molar-refractivity contribution in [2.45, 2.75) is 225 Å². The number of amides is 1. The van der Waals surface area contributed by atoms with Crippen LogP contribution in [0.15, 0.2) is 60.8 Å². The molecule has 0 heterocycles. The number of unbranched alkanes of at least 4 members (excludes halogenated alkanes) is 24. The number of likely N-dealkylation sites (N-methyl/N-ethyl adjacent to an activating group) is 1. The summed E-state index contributed by atoms with van der Waals surface area (Å²) in [4.78, 5) is 23.1. The first kappa shape index (κ1) is 59.2. The van der Waals surface area contributed by atoms with E-state index < -0.39 is 20.0 Å². The second kappa shape index (κ2) is 43.5. The van der Waals surface area contributed by atoms with Gasteiger partial charge in [0.1, 0.15) is 13.2 Å². The van der Waals surface area contributed by atoms with Crippen LogP contribution < -0.4 is 5.32 Å². The molecule has 9 heteroatoms. The van der Waals surface area contributed by atoms with Gasteiger partial charge < -0.3 is 19.8 Å². The van der Waals surface area contributed by atoms with E-state index in [1.165, 1.54) is 128 Å². The van der Waals surface area contributed by atoms with Crippen LogP contribution in [0, 0.1) is 0 Å². The Labute approximate surface area is 377 Å². The molecule has 0 fully saturated rings. The van der Waals surface area contributed by atoms with Gasteiger partial charge in [-0.1, -0.05) is 209 Å². The molecule has 356 valence electrons. The molecule has 0 aliphatic heterocycles. The smallest absolute Gasteiger partial charge is 0.387 e. The molecule has 1 amide bonds. The van der Waals surface area contributed by atoms with Gasteiger partial charge in [0.2, 0.25) is 5.91 Å². The third-order valence-electron chi connectivity index (χ3n) is 11.0. The molecule has 0 aromatic heterocycles. The first-order chi connectivity index (χ1) is 29.5. The predicted molar refractivity (Wildman–Crippen MR) is 263 cm³/mol. The van der Waals surface area contributed by atoms with Crippen molar-refractivity contribution < 1.29 is 32.9 Å². The Balaban J connectivity index is 4.07. The zero-order chi connectivity index (χ0) is 45.0. The minimum absolute atomic E-state index is 0.0605. The van der Waals surface area contributed by atoms with Gasteiger partial charge in [-0.15, -0.1) is 0 Å². The van der Waals surface area contributed by atoms with Crippen LogP contribution in [-0.2, 0) is 18.4 Å². The number of phosphoric ester groups is 1. The van der Waals surface area contributed by atoms with E-state index in [0.717, 1.165) is 64.2 Å². The number of phosphoric acid groups is 1. The van der Waals surface area contributed by atoms with Crippen molar-refractivity contribution in [2.24, 2.45) is 0 Å². The molecule has 0 saturated heterocycles. The third-order valence-corrected chi connectivity index (χ3v) is 12.0. The van der Waals surface area contributed by atoms with E-state index >= 15 is 0 Å². The maximum Gasteiger partial charge on any atom is 0.472 e. The number of hydrogen-bond donors (Lipinski definition) is 3. The number of nitrogens with one attached hydrogen (secondary N) is 1. The number of hydrogen-bond acceptors (Lipinski definition) is 5. The number of nitrogens with zero attached hydrogens (tertiary/aromatic N) is 1. The van der Waals surface area contributed by atoms with Crippen molar-refractivity contribution in [3.8, 4) is 0 Å². The average molecular weight is 878 g/mol. The molecule has 3 atom stereocenters. The second-order valence-corrected chi connectivity index (χ2v) is 19.6. The van der Waals surface area contributed by atoms with Crippen molar-refractivity contribution in [3.63, 3.8) is 0 Å². The van der Waals surface area contributed by atoms with Crippen molar-refractivity contribution >= 4 is 13.7 Å². The molecule has 0 aliphatic carbocycles. The number of allylic oxidation sites excluding steroid dienone is 9. The summed E-state index contributed by atoms with van der Waals surface area (Å²) in [7, 11) is 1.57. The molecular weight excluding hydrogens is 780 g/mol. The number of carbonyl (C=O) groups excluding carboxylic acids is 1. The first-order valence-corrected chi connectivity index (χ1v) is 26.7. The lowest BCUT2D eigenvalue weighted by atomic mass is 10.0. The van der Waals surface area contributed by atoms with Gasteiger partial charge in [0.05, 0.1) is 39.9 Å². The van der Waals surface area contributed by atoms with Gasteiger partial charge in [-0.2, -0.15) is 0 Å². The molecule has 0 aliphatic rings. The predicted octanol–water partition coefficient (Wildman–Crippen LogP) is 14.6. The maximum absolute atomic E-state index is 12.9. The summed E-state index contributed by atoms with van der Waals surface area (Å²) in [5.74, 6) is -0.180. The van der Waals surface area contributed by atoms with Gasteiger partial charge in [0.25, 0.3) is 0 Å². The van der Waals surface area contributed by atoms with Crippen LogP contribution in [0.1, 0.15) is 213 Å². The van der Waals surface area contributed by atoms with Crippen molar-refractivity contribution in [3.05, 3.63) is 60.8 Å². The number of rotatable bonds is 45. The molecular formula is C52H98N2O6P+. The Hall–Kier alpha value is -1.80. The standard InChI is InChI=1S/C52H97N2O6P/c1-6-8-10-12-14-16-18-19-20-21-22-23-24-25-26-27-28-29-30-31-32-33-34-35-36-38-40-42-44-46-52(56)53-50(49-60-61(57,58)59-48-47-54(3,4)5)51(55)45-43-41-39-37-17-15-13-11-9-7-2/h8,10,14,16,19-20,22-23,43,45,50-51,55H,6-7,9,11-13,15,17-18,21,24-42,44,46-49H2,1-5H3,(H-,53,56,57,58)/p+1/b10-8-,16-14-,20-19-,23-22-,45-43+. The summed E-state index contributed by atoms with van der Waals surface area (Å²) >= 11 is 0. The van der Waals surface area contributed by atoms with E-state index in [2.05, 4.69) is 67.8 Å². The Kier molecular flexibility index (Phi) is 42.2. The van der Waals surface area contributed by atoms with Crippen LogP contribution in [0.2, 0.25) is 0 Å². The Bertz CT molecular complexity index is 1180. The SMILES string of the molecule is CC/C=C\C/C=C\C/C=C\C/C=C\CCCCCCCCCCCCCCCCCCC(=O)NC(COP(=O)(O)OCC[N+](C)(C)C)C(O)/C=C/CCCCCCCCCC. The Morgan fingerprint density at radius 3 is 1.44 bits per heavy atom. The van der Waals surface area contributed by atoms with Crippen molar-refractivity contribution in [1.29, 1.82) is 0 Å². The molecule has 0 spiro atoms. The Morgan fingerprint density at radius 1 is 0.574 bits per heavy atom. The quantitative estimate of drug-likeness (QED) is 0.0244. The topological polar surface area (TPSA) is 105 Å². The molecule has 0 bridgehead atoms. The normalized spacial score (nSPS) is 14.7. The van der Waals surface area contributed by atoms with Crippen LogP contribution in [-0.4, -0.2) is 73.4 Å². The fraction of sp³-hybridized carbons (Fsp3) is 0.788.